The number of hydrogen-bond acceptors (Lipinski definition) is 5. The van der Waals surface area contributed by atoms with Gasteiger partial charge < -0.3 is 4.42 Å². The molecule has 1 fully saturated rings. The van der Waals surface area contributed by atoms with E-state index in [1.54, 1.807) is 12.1 Å². The fourth-order valence-corrected chi connectivity index (χ4v) is 5.42. The van der Waals surface area contributed by atoms with Crippen molar-refractivity contribution in [3.8, 4) is 33.8 Å². The highest BCUT2D eigenvalue weighted by atomic mass is 32.2. The zero-order valence-electron chi connectivity index (χ0n) is 17.8. The molecule has 33 heavy (non-hydrogen) atoms. The minimum Gasteiger partial charge on any atom is -0.438 e. The van der Waals surface area contributed by atoms with E-state index in [1.807, 2.05) is 48.2 Å². The van der Waals surface area contributed by atoms with Crippen LogP contribution in [0.15, 0.2) is 77.6 Å². The predicted molar refractivity (Wildman–Crippen MR) is 129 cm³/mol. The zero-order valence-corrected chi connectivity index (χ0v) is 18.6. The summed E-state index contributed by atoms with van der Waals surface area (Å²) in [6.45, 7) is 0. The number of thioether (sulfide) groups is 1. The molecule has 5 aromatic rings. The van der Waals surface area contributed by atoms with E-state index in [0.717, 1.165) is 63.6 Å². The van der Waals surface area contributed by atoms with Crippen LogP contribution in [0.4, 0.5) is 4.39 Å². The van der Waals surface area contributed by atoms with Crippen molar-refractivity contribution in [2.24, 2.45) is 0 Å². The smallest absolute Gasteiger partial charge is 0.230 e. The van der Waals surface area contributed by atoms with Gasteiger partial charge in [0.2, 0.25) is 5.71 Å². The largest absolute Gasteiger partial charge is 0.438 e. The van der Waals surface area contributed by atoms with Crippen LogP contribution >= 0.6 is 11.8 Å². The highest BCUT2D eigenvalue weighted by Crippen LogP contribution is 2.38. The maximum Gasteiger partial charge on any atom is 0.230 e. The van der Waals surface area contributed by atoms with Gasteiger partial charge in [-0.15, -0.1) is 0 Å². The topological polar surface area (TPSA) is 56.7 Å². The Labute approximate surface area is 194 Å². The van der Waals surface area contributed by atoms with Crippen LogP contribution in [-0.4, -0.2) is 31.3 Å². The SMILES string of the molecule is Fc1ccc(-c2nn(C3CCSCC3)cc2-c2ncnc3oc(-c4ccccc4)cc23)cc1. The molecule has 0 amide bonds. The van der Waals surface area contributed by atoms with Gasteiger partial charge in [-0.1, -0.05) is 30.3 Å². The molecule has 6 rings (SSSR count). The van der Waals surface area contributed by atoms with E-state index < -0.39 is 0 Å². The summed E-state index contributed by atoms with van der Waals surface area (Å²) in [5.74, 6) is 2.74. The van der Waals surface area contributed by atoms with Crippen LogP contribution in [-0.2, 0) is 0 Å². The van der Waals surface area contributed by atoms with Gasteiger partial charge in [0.25, 0.3) is 0 Å². The Morgan fingerprint density at radius 3 is 2.48 bits per heavy atom. The van der Waals surface area contributed by atoms with Gasteiger partial charge in [0, 0.05) is 22.9 Å². The third-order valence-electron chi connectivity index (χ3n) is 6.06. The summed E-state index contributed by atoms with van der Waals surface area (Å²) >= 11 is 1.99. The van der Waals surface area contributed by atoms with Crippen LogP contribution < -0.4 is 0 Å². The molecule has 0 bridgehead atoms. The van der Waals surface area contributed by atoms with Crippen molar-refractivity contribution in [3.63, 3.8) is 0 Å². The molecule has 0 radical (unpaired) electrons. The highest BCUT2D eigenvalue weighted by molar-refractivity contribution is 7.99. The Hall–Kier alpha value is -3.45. The van der Waals surface area contributed by atoms with Crippen molar-refractivity contribution < 1.29 is 8.81 Å². The summed E-state index contributed by atoms with van der Waals surface area (Å²) in [6, 6.07) is 18.8. The molecule has 0 spiro atoms. The Morgan fingerprint density at radius 1 is 0.909 bits per heavy atom. The maximum atomic E-state index is 13.6. The fraction of sp³-hybridized carbons (Fsp3) is 0.192. The standard InChI is InChI=1S/C26H21FN4OS/c27-19-8-6-18(7-9-19)24-22(15-31(30-24)20-10-12-33-13-11-20)25-21-14-23(17-4-2-1-3-5-17)32-26(21)29-16-28-25/h1-9,14-16,20H,10-13H2. The average molecular weight is 457 g/mol. The number of hydrogen-bond donors (Lipinski definition) is 0. The summed E-state index contributed by atoms with van der Waals surface area (Å²) in [4.78, 5) is 9.01. The van der Waals surface area contributed by atoms with Crippen molar-refractivity contribution in [1.29, 1.82) is 0 Å². The number of rotatable bonds is 4. The molecule has 1 aliphatic heterocycles. The van der Waals surface area contributed by atoms with Crippen LogP contribution in [0.25, 0.3) is 44.9 Å². The molecular weight excluding hydrogens is 435 g/mol. The highest BCUT2D eigenvalue weighted by Gasteiger charge is 2.23. The molecule has 1 aliphatic rings. The lowest BCUT2D eigenvalue weighted by Crippen LogP contribution is -2.15. The number of benzene rings is 2. The van der Waals surface area contributed by atoms with Gasteiger partial charge in [-0.2, -0.15) is 16.9 Å². The minimum atomic E-state index is -0.268. The summed E-state index contributed by atoms with van der Waals surface area (Å²) in [6.07, 6.45) is 5.77. The first-order chi connectivity index (χ1) is 16.3. The van der Waals surface area contributed by atoms with E-state index in [0.29, 0.717) is 11.8 Å². The van der Waals surface area contributed by atoms with Crippen molar-refractivity contribution in [2.75, 3.05) is 11.5 Å². The molecule has 0 N–H and O–H groups in total. The molecule has 3 aromatic heterocycles. The summed E-state index contributed by atoms with van der Waals surface area (Å²) in [5, 5.41) is 5.81. The van der Waals surface area contributed by atoms with Gasteiger partial charge in [0.15, 0.2) is 0 Å². The van der Waals surface area contributed by atoms with E-state index in [2.05, 4.69) is 20.8 Å². The number of aromatic nitrogens is 4. The second-order valence-corrected chi connectivity index (χ2v) is 9.36. The second-order valence-electron chi connectivity index (χ2n) is 8.14. The Kier molecular flexibility index (Phi) is 5.19. The van der Waals surface area contributed by atoms with Crippen molar-refractivity contribution >= 4 is 22.9 Å². The Morgan fingerprint density at radius 2 is 1.70 bits per heavy atom. The summed E-state index contributed by atoms with van der Waals surface area (Å²) in [5.41, 5.74) is 4.82. The fourth-order valence-electron chi connectivity index (χ4n) is 4.34. The Bertz CT molecular complexity index is 1410. The van der Waals surface area contributed by atoms with Crippen molar-refractivity contribution in [2.45, 2.75) is 18.9 Å². The van der Waals surface area contributed by atoms with Gasteiger partial charge in [0.05, 0.1) is 17.1 Å². The van der Waals surface area contributed by atoms with Crippen LogP contribution in [0.3, 0.4) is 0 Å². The van der Waals surface area contributed by atoms with E-state index in [4.69, 9.17) is 9.52 Å². The normalized spacial score (nSPS) is 14.7. The van der Waals surface area contributed by atoms with Crippen LogP contribution in [0.1, 0.15) is 18.9 Å². The molecule has 0 saturated carbocycles. The van der Waals surface area contributed by atoms with Gasteiger partial charge in [0.1, 0.15) is 23.6 Å². The van der Waals surface area contributed by atoms with Gasteiger partial charge in [-0.3, -0.25) is 4.68 Å². The average Bonchev–Trinajstić information content (AvgIpc) is 3.51. The van der Waals surface area contributed by atoms with Crippen LogP contribution in [0.5, 0.6) is 0 Å². The molecule has 0 unspecified atom stereocenters. The molecule has 0 atom stereocenters. The third kappa shape index (κ3) is 3.82. The lowest BCUT2D eigenvalue weighted by molar-refractivity contribution is 0.428. The lowest BCUT2D eigenvalue weighted by Gasteiger charge is -2.21. The first-order valence-electron chi connectivity index (χ1n) is 11.0. The van der Waals surface area contributed by atoms with Crippen molar-refractivity contribution in [1.82, 2.24) is 19.7 Å². The first kappa shape index (κ1) is 20.2. The molecule has 7 heteroatoms. The van der Waals surface area contributed by atoms with Gasteiger partial charge in [-0.25, -0.2) is 14.4 Å². The number of nitrogens with zero attached hydrogens (tertiary/aromatic N) is 4. The molecule has 164 valence electrons. The molecule has 4 heterocycles. The number of fused-ring (bicyclic) bond motifs is 1. The summed E-state index contributed by atoms with van der Waals surface area (Å²) in [7, 11) is 0. The molecule has 5 nitrogen and oxygen atoms in total. The van der Waals surface area contributed by atoms with Gasteiger partial charge >= 0.3 is 0 Å². The molecular formula is C26H21FN4OS. The maximum absolute atomic E-state index is 13.6. The zero-order chi connectivity index (χ0) is 22.2. The molecule has 0 aliphatic carbocycles. The lowest BCUT2D eigenvalue weighted by atomic mass is 10.0. The van der Waals surface area contributed by atoms with Gasteiger partial charge in [-0.05, 0) is 54.7 Å². The third-order valence-corrected chi connectivity index (χ3v) is 7.11. The van der Waals surface area contributed by atoms with Crippen LogP contribution in [0, 0.1) is 5.82 Å². The number of furan rings is 1. The van der Waals surface area contributed by atoms with E-state index in [1.165, 1.54) is 18.5 Å². The number of halogens is 1. The predicted octanol–water partition coefficient (Wildman–Crippen LogP) is 6.63. The summed E-state index contributed by atoms with van der Waals surface area (Å²) < 4.78 is 21.8. The van der Waals surface area contributed by atoms with Crippen molar-refractivity contribution in [3.05, 3.63) is 79.0 Å². The molecule has 2 aromatic carbocycles. The van der Waals surface area contributed by atoms with E-state index >= 15 is 0 Å². The van der Waals surface area contributed by atoms with Crippen LogP contribution in [0.2, 0.25) is 0 Å². The minimum absolute atomic E-state index is 0.268. The quantitative estimate of drug-likeness (QED) is 0.304. The first-order valence-corrected chi connectivity index (χ1v) is 12.1. The van der Waals surface area contributed by atoms with E-state index in [9.17, 15) is 4.39 Å². The van der Waals surface area contributed by atoms with E-state index in [-0.39, 0.29) is 5.82 Å². The molecule has 1 saturated heterocycles. The monoisotopic (exact) mass is 456 g/mol. The second kappa shape index (κ2) is 8.48. The Balaban J connectivity index is 1.52.